The van der Waals surface area contributed by atoms with Gasteiger partial charge >= 0.3 is 0 Å². The van der Waals surface area contributed by atoms with E-state index in [4.69, 9.17) is 10.6 Å². The lowest BCUT2D eigenvalue weighted by molar-refractivity contribution is 0.0157. The van der Waals surface area contributed by atoms with E-state index < -0.39 is 0 Å². The standard InChI is InChI=1S/C11H20N4O/c1-3-16-10(8-4-5-8)9(14-12)11-13-6-7-15(11)2/h6-10,14H,3-5,12H2,1-2H3. The Balaban J connectivity index is 2.16. The number of nitrogens with zero attached hydrogens (tertiary/aromatic N) is 2. The summed E-state index contributed by atoms with van der Waals surface area (Å²) in [5.74, 6) is 7.21. The van der Waals surface area contributed by atoms with Gasteiger partial charge in [-0.15, -0.1) is 0 Å². The number of hydrogen-bond acceptors (Lipinski definition) is 4. The average Bonchev–Trinajstić information content (AvgIpc) is 3.03. The molecule has 2 unspecified atom stereocenters. The predicted octanol–water partition coefficient (Wildman–Crippen LogP) is 0.740. The van der Waals surface area contributed by atoms with Crippen LogP contribution >= 0.6 is 0 Å². The number of hydrogen-bond donors (Lipinski definition) is 2. The van der Waals surface area contributed by atoms with Gasteiger partial charge in [0.15, 0.2) is 0 Å². The number of nitrogens with two attached hydrogens (primary N) is 1. The Morgan fingerprint density at radius 1 is 1.69 bits per heavy atom. The summed E-state index contributed by atoms with van der Waals surface area (Å²) >= 11 is 0. The number of aromatic nitrogens is 2. The number of ether oxygens (including phenoxy) is 1. The van der Waals surface area contributed by atoms with Crippen LogP contribution in [0.2, 0.25) is 0 Å². The van der Waals surface area contributed by atoms with Gasteiger partial charge in [-0.3, -0.25) is 5.84 Å². The lowest BCUT2D eigenvalue weighted by atomic mass is 10.1. The highest BCUT2D eigenvalue weighted by molar-refractivity contribution is 5.04. The number of imidazole rings is 1. The van der Waals surface area contributed by atoms with Crippen molar-refractivity contribution in [3.05, 3.63) is 18.2 Å². The van der Waals surface area contributed by atoms with E-state index in [-0.39, 0.29) is 12.1 Å². The minimum absolute atomic E-state index is 0.0209. The van der Waals surface area contributed by atoms with E-state index in [2.05, 4.69) is 10.4 Å². The van der Waals surface area contributed by atoms with Gasteiger partial charge in [0.05, 0.1) is 6.10 Å². The van der Waals surface area contributed by atoms with E-state index in [1.165, 1.54) is 12.8 Å². The van der Waals surface area contributed by atoms with Gasteiger partial charge in [-0.05, 0) is 25.7 Å². The summed E-state index contributed by atoms with van der Waals surface area (Å²) in [5, 5.41) is 0. The molecule has 1 heterocycles. The monoisotopic (exact) mass is 224 g/mol. The van der Waals surface area contributed by atoms with Crippen LogP contribution in [-0.2, 0) is 11.8 Å². The minimum atomic E-state index is -0.0209. The second-order valence-corrected chi connectivity index (χ2v) is 4.30. The van der Waals surface area contributed by atoms with E-state index in [1.54, 1.807) is 6.20 Å². The zero-order chi connectivity index (χ0) is 11.5. The molecular formula is C11H20N4O. The molecule has 2 atom stereocenters. The highest BCUT2D eigenvalue weighted by atomic mass is 16.5. The van der Waals surface area contributed by atoms with Gasteiger partial charge < -0.3 is 9.30 Å². The van der Waals surface area contributed by atoms with Crippen molar-refractivity contribution in [1.82, 2.24) is 15.0 Å². The van der Waals surface area contributed by atoms with E-state index >= 15 is 0 Å². The normalized spacial score (nSPS) is 19.7. The van der Waals surface area contributed by atoms with E-state index in [1.807, 2.05) is 24.7 Å². The Morgan fingerprint density at radius 3 is 2.88 bits per heavy atom. The Labute approximate surface area is 96.0 Å². The molecule has 0 amide bonds. The molecule has 2 rings (SSSR count). The van der Waals surface area contributed by atoms with Crippen molar-refractivity contribution in [3.63, 3.8) is 0 Å². The van der Waals surface area contributed by atoms with Gasteiger partial charge in [0.25, 0.3) is 0 Å². The molecule has 0 radical (unpaired) electrons. The molecule has 1 aromatic rings. The van der Waals surface area contributed by atoms with Crippen LogP contribution in [0.15, 0.2) is 12.4 Å². The Morgan fingerprint density at radius 2 is 2.44 bits per heavy atom. The molecule has 0 aromatic carbocycles. The summed E-state index contributed by atoms with van der Waals surface area (Å²) in [6.07, 6.45) is 6.31. The molecule has 0 aliphatic heterocycles. The van der Waals surface area contributed by atoms with Crippen LogP contribution in [0.1, 0.15) is 31.6 Å². The third-order valence-corrected chi connectivity index (χ3v) is 3.09. The molecule has 1 saturated carbocycles. The number of aryl methyl sites for hydroxylation is 1. The van der Waals surface area contributed by atoms with Crippen LogP contribution < -0.4 is 11.3 Å². The van der Waals surface area contributed by atoms with Crippen molar-refractivity contribution in [3.8, 4) is 0 Å². The van der Waals surface area contributed by atoms with E-state index in [9.17, 15) is 0 Å². The minimum Gasteiger partial charge on any atom is -0.376 e. The summed E-state index contributed by atoms with van der Waals surface area (Å²) in [5.41, 5.74) is 2.84. The molecule has 0 saturated heterocycles. The maximum Gasteiger partial charge on any atom is 0.129 e. The SMILES string of the molecule is CCOC(C1CC1)C(NN)c1nccn1C. The molecule has 0 bridgehead atoms. The van der Waals surface area contributed by atoms with Crippen LogP contribution in [-0.4, -0.2) is 22.3 Å². The van der Waals surface area contributed by atoms with Gasteiger partial charge in [-0.2, -0.15) is 0 Å². The molecule has 3 N–H and O–H groups in total. The van der Waals surface area contributed by atoms with Crippen molar-refractivity contribution >= 4 is 0 Å². The molecule has 5 nitrogen and oxygen atoms in total. The maximum absolute atomic E-state index is 5.80. The zero-order valence-electron chi connectivity index (χ0n) is 9.89. The fraction of sp³-hybridized carbons (Fsp3) is 0.727. The summed E-state index contributed by atoms with van der Waals surface area (Å²) < 4.78 is 7.79. The van der Waals surface area contributed by atoms with Gasteiger partial charge in [0.1, 0.15) is 11.9 Å². The highest BCUT2D eigenvalue weighted by Gasteiger charge is 2.39. The van der Waals surface area contributed by atoms with Crippen LogP contribution in [0, 0.1) is 5.92 Å². The first kappa shape index (κ1) is 11.6. The fourth-order valence-electron chi connectivity index (χ4n) is 2.11. The molecule has 16 heavy (non-hydrogen) atoms. The molecular weight excluding hydrogens is 204 g/mol. The Kier molecular flexibility index (Phi) is 3.58. The molecule has 1 aromatic heterocycles. The molecule has 1 aliphatic carbocycles. The largest absolute Gasteiger partial charge is 0.376 e. The smallest absolute Gasteiger partial charge is 0.129 e. The number of rotatable bonds is 6. The van der Waals surface area contributed by atoms with Gasteiger partial charge in [0, 0.05) is 26.0 Å². The maximum atomic E-state index is 5.80. The second-order valence-electron chi connectivity index (χ2n) is 4.30. The molecule has 1 fully saturated rings. The lowest BCUT2D eigenvalue weighted by Gasteiger charge is -2.26. The predicted molar refractivity (Wildman–Crippen MR) is 61.4 cm³/mol. The molecule has 5 heteroatoms. The van der Waals surface area contributed by atoms with Crippen molar-refractivity contribution in [2.75, 3.05) is 6.61 Å². The van der Waals surface area contributed by atoms with Crippen molar-refractivity contribution in [1.29, 1.82) is 0 Å². The van der Waals surface area contributed by atoms with Crippen LogP contribution in [0.4, 0.5) is 0 Å². The lowest BCUT2D eigenvalue weighted by Crippen LogP contribution is -2.40. The first-order valence-electron chi connectivity index (χ1n) is 5.82. The summed E-state index contributed by atoms with van der Waals surface area (Å²) in [7, 11) is 1.97. The summed E-state index contributed by atoms with van der Waals surface area (Å²) in [4.78, 5) is 4.34. The van der Waals surface area contributed by atoms with Crippen molar-refractivity contribution < 1.29 is 4.74 Å². The second kappa shape index (κ2) is 4.95. The van der Waals surface area contributed by atoms with Gasteiger partial charge in [-0.1, -0.05) is 0 Å². The zero-order valence-corrected chi connectivity index (χ0v) is 9.89. The molecule has 0 spiro atoms. The van der Waals surface area contributed by atoms with Crippen molar-refractivity contribution in [2.45, 2.75) is 31.9 Å². The van der Waals surface area contributed by atoms with E-state index in [0.717, 1.165) is 5.82 Å². The first-order chi connectivity index (χ1) is 7.77. The molecule has 1 aliphatic rings. The number of nitrogens with one attached hydrogen (secondary N) is 1. The summed E-state index contributed by atoms with van der Waals surface area (Å²) in [6, 6.07) is -0.0209. The van der Waals surface area contributed by atoms with Crippen LogP contribution in [0.25, 0.3) is 0 Å². The van der Waals surface area contributed by atoms with Gasteiger partial charge in [0.2, 0.25) is 0 Å². The quantitative estimate of drug-likeness (QED) is 0.552. The van der Waals surface area contributed by atoms with Crippen LogP contribution in [0.5, 0.6) is 0 Å². The Bertz CT molecular complexity index is 334. The van der Waals surface area contributed by atoms with Crippen molar-refractivity contribution in [2.24, 2.45) is 18.8 Å². The van der Waals surface area contributed by atoms with E-state index in [0.29, 0.717) is 12.5 Å². The Hall–Kier alpha value is -0.910. The summed E-state index contributed by atoms with van der Waals surface area (Å²) in [6.45, 7) is 2.73. The highest BCUT2D eigenvalue weighted by Crippen LogP contribution is 2.39. The third-order valence-electron chi connectivity index (χ3n) is 3.09. The van der Waals surface area contributed by atoms with Gasteiger partial charge in [-0.25, -0.2) is 10.4 Å². The first-order valence-corrected chi connectivity index (χ1v) is 5.82. The topological polar surface area (TPSA) is 65.1 Å². The average molecular weight is 224 g/mol. The van der Waals surface area contributed by atoms with Crippen LogP contribution in [0.3, 0.4) is 0 Å². The number of hydrazine groups is 1. The third kappa shape index (κ3) is 2.26. The molecule has 90 valence electrons. The fourth-order valence-corrected chi connectivity index (χ4v) is 2.11.